The Hall–Kier alpha value is -2.02. The van der Waals surface area contributed by atoms with Crippen LogP contribution in [0.5, 0.6) is 11.5 Å². The lowest BCUT2D eigenvalue weighted by Crippen LogP contribution is -1.98. The fraction of sp³-hybridized carbons (Fsp3) is 0.118. The van der Waals surface area contributed by atoms with Crippen LogP contribution in [-0.4, -0.2) is 20.0 Å². The average molecular weight is 409 g/mol. The van der Waals surface area contributed by atoms with Gasteiger partial charge in [0, 0.05) is 27.1 Å². The topological polar surface area (TPSA) is 47.6 Å². The van der Waals surface area contributed by atoms with Gasteiger partial charge in [-0.05, 0) is 65.1 Å². The van der Waals surface area contributed by atoms with Gasteiger partial charge in [0.05, 0.1) is 14.2 Å². The van der Waals surface area contributed by atoms with Crippen LogP contribution < -0.4 is 14.8 Å². The third kappa shape index (κ3) is 4.24. The van der Waals surface area contributed by atoms with Crippen molar-refractivity contribution in [3.63, 3.8) is 0 Å². The summed E-state index contributed by atoms with van der Waals surface area (Å²) in [6, 6.07) is 13.0. The molecule has 2 rings (SSSR count). The molecule has 5 heteroatoms. The molecule has 0 amide bonds. The summed E-state index contributed by atoms with van der Waals surface area (Å²) in [5, 5.41) is 3.06. The molecule has 0 saturated heterocycles. The van der Waals surface area contributed by atoms with Crippen molar-refractivity contribution in [1.29, 1.82) is 0 Å². The molecular weight excluding hydrogens is 393 g/mol. The average Bonchev–Trinajstić information content (AvgIpc) is 2.55. The smallest absolute Gasteiger partial charge is 0.187 e. The summed E-state index contributed by atoms with van der Waals surface area (Å²) < 4.78 is 11.5. The number of methoxy groups -OCH3 is 2. The molecule has 0 saturated carbocycles. The molecule has 0 atom stereocenters. The second kappa shape index (κ2) is 7.84. The Morgan fingerprint density at radius 3 is 2.36 bits per heavy atom. The molecule has 0 aromatic heterocycles. The number of allylic oxidation sites excluding steroid dienone is 1. The summed E-state index contributed by atoms with van der Waals surface area (Å²) >= 11 is 2.24. The Balaban J connectivity index is 2.05. The first-order chi connectivity index (χ1) is 10.6. The summed E-state index contributed by atoms with van der Waals surface area (Å²) in [6.07, 6.45) is 3.11. The molecule has 2 aromatic rings. The quantitative estimate of drug-likeness (QED) is 0.443. The molecule has 0 unspecified atom stereocenters. The predicted octanol–water partition coefficient (Wildman–Crippen LogP) is 4.12. The van der Waals surface area contributed by atoms with E-state index in [2.05, 4.69) is 27.9 Å². The number of carbonyl (C=O) groups is 1. The molecule has 0 fully saturated rings. The summed E-state index contributed by atoms with van der Waals surface area (Å²) in [5.74, 6) is 1.02. The zero-order valence-electron chi connectivity index (χ0n) is 12.3. The zero-order chi connectivity index (χ0) is 15.9. The van der Waals surface area contributed by atoms with Crippen molar-refractivity contribution in [1.82, 2.24) is 0 Å². The number of halogens is 1. The maximum absolute atomic E-state index is 12.1. The number of nitrogens with one attached hydrogen (secondary N) is 1. The highest BCUT2D eigenvalue weighted by Gasteiger charge is 2.08. The molecule has 22 heavy (non-hydrogen) atoms. The van der Waals surface area contributed by atoms with E-state index >= 15 is 0 Å². The standard InChI is InChI=1S/C17H16INO3/c1-21-16-8-3-12(11-17(16)22-2)15(20)9-10-19-14-6-4-13(18)5-7-14/h3-11,19H,1-2H3. The molecule has 0 spiro atoms. The number of benzene rings is 2. The lowest BCUT2D eigenvalue weighted by atomic mass is 10.1. The molecule has 0 aliphatic heterocycles. The maximum Gasteiger partial charge on any atom is 0.187 e. The van der Waals surface area contributed by atoms with Gasteiger partial charge in [0.15, 0.2) is 17.3 Å². The SMILES string of the molecule is COc1ccc(C(=O)C=CNc2ccc(I)cc2)cc1OC. The normalized spacial score (nSPS) is 10.5. The van der Waals surface area contributed by atoms with Crippen LogP contribution in [-0.2, 0) is 0 Å². The van der Waals surface area contributed by atoms with E-state index in [1.165, 1.54) is 6.08 Å². The van der Waals surface area contributed by atoms with Crippen molar-refractivity contribution in [2.24, 2.45) is 0 Å². The summed E-state index contributed by atoms with van der Waals surface area (Å²) in [4.78, 5) is 12.1. The minimum Gasteiger partial charge on any atom is -0.493 e. The fourth-order valence-electron chi connectivity index (χ4n) is 1.85. The van der Waals surface area contributed by atoms with Crippen LogP contribution in [0.15, 0.2) is 54.7 Å². The largest absolute Gasteiger partial charge is 0.493 e. The highest BCUT2D eigenvalue weighted by molar-refractivity contribution is 14.1. The van der Waals surface area contributed by atoms with Gasteiger partial charge in [0.1, 0.15) is 0 Å². The molecule has 114 valence electrons. The van der Waals surface area contributed by atoms with Crippen molar-refractivity contribution in [3.8, 4) is 11.5 Å². The van der Waals surface area contributed by atoms with Gasteiger partial charge in [-0.2, -0.15) is 0 Å². The summed E-state index contributed by atoms with van der Waals surface area (Å²) in [6.45, 7) is 0. The predicted molar refractivity (Wildman–Crippen MR) is 95.8 cm³/mol. The van der Waals surface area contributed by atoms with Crippen LogP contribution in [0.1, 0.15) is 10.4 Å². The Kier molecular flexibility index (Phi) is 5.83. The van der Waals surface area contributed by atoms with E-state index in [-0.39, 0.29) is 5.78 Å². The van der Waals surface area contributed by atoms with Crippen molar-refractivity contribution in [2.45, 2.75) is 0 Å². The van der Waals surface area contributed by atoms with Crippen molar-refractivity contribution < 1.29 is 14.3 Å². The van der Waals surface area contributed by atoms with E-state index < -0.39 is 0 Å². The molecule has 0 radical (unpaired) electrons. The van der Waals surface area contributed by atoms with Gasteiger partial charge in [-0.15, -0.1) is 0 Å². The number of ketones is 1. The van der Waals surface area contributed by atoms with Crippen LogP contribution >= 0.6 is 22.6 Å². The second-order valence-corrected chi connectivity index (χ2v) is 5.66. The van der Waals surface area contributed by atoms with Crippen LogP contribution in [0.4, 0.5) is 5.69 Å². The number of ether oxygens (including phenoxy) is 2. The van der Waals surface area contributed by atoms with E-state index in [1.54, 1.807) is 38.6 Å². The van der Waals surface area contributed by atoms with Gasteiger partial charge >= 0.3 is 0 Å². The van der Waals surface area contributed by atoms with Gasteiger partial charge < -0.3 is 14.8 Å². The Bertz CT molecular complexity index is 681. The number of anilines is 1. The number of hydrogen-bond donors (Lipinski definition) is 1. The lowest BCUT2D eigenvalue weighted by molar-refractivity contribution is 0.104. The summed E-state index contributed by atoms with van der Waals surface area (Å²) in [7, 11) is 3.10. The summed E-state index contributed by atoms with van der Waals surface area (Å²) in [5.41, 5.74) is 1.47. The highest BCUT2D eigenvalue weighted by Crippen LogP contribution is 2.27. The molecule has 0 aliphatic rings. The van der Waals surface area contributed by atoms with Crippen molar-refractivity contribution in [2.75, 3.05) is 19.5 Å². The maximum atomic E-state index is 12.1. The number of rotatable bonds is 6. The monoisotopic (exact) mass is 409 g/mol. The van der Waals surface area contributed by atoms with Crippen LogP contribution in [0, 0.1) is 3.57 Å². The number of hydrogen-bond acceptors (Lipinski definition) is 4. The van der Waals surface area contributed by atoms with Crippen LogP contribution in [0.25, 0.3) is 0 Å². The van der Waals surface area contributed by atoms with Gasteiger partial charge in [-0.3, -0.25) is 4.79 Å². The fourth-order valence-corrected chi connectivity index (χ4v) is 2.20. The van der Waals surface area contributed by atoms with Gasteiger partial charge in [-0.1, -0.05) is 0 Å². The lowest BCUT2D eigenvalue weighted by Gasteiger charge is -2.08. The van der Waals surface area contributed by atoms with Crippen molar-refractivity contribution >= 4 is 34.1 Å². The minimum absolute atomic E-state index is 0.112. The first kappa shape index (κ1) is 16.4. The molecule has 0 bridgehead atoms. The van der Waals surface area contributed by atoms with E-state index in [4.69, 9.17) is 9.47 Å². The van der Waals surface area contributed by atoms with Crippen LogP contribution in [0.2, 0.25) is 0 Å². The number of carbonyl (C=O) groups excluding carboxylic acids is 1. The Labute approximate surface area is 143 Å². The van der Waals surface area contributed by atoms with Gasteiger partial charge in [0.2, 0.25) is 0 Å². The Morgan fingerprint density at radius 1 is 1.05 bits per heavy atom. The van der Waals surface area contributed by atoms with E-state index in [9.17, 15) is 4.79 Å². The molecule has 1 N–H and O–H groups in total. The zero-order valence-corrected chi connectivity index (χ0v) is 14.5. The minimum atomic E-state index is -0.112. The second-order valence-electron chi connectivity index (χ2n) is 4.42. The highest BCUT2D eigenvalue weighted by atomic mass is 127. The molecular formula is C17H16INO3. The molecule has 2 aromatic carbocycles. The molecule has 0 aliphatic carbocycles. The van der Waals surface area contributed by atoms with E-state index in [0.717, 1.165) is 9.26 Å². The van der Waals surface area contributed by atoms with Crippen molar-refractivity contribution in [3.05, 3.63) is 63.9 Å². The third-order valence-electron chi connectivity index (χ3n) is 3.00. The molecule has 4 nitrogen and oxygen atoms in total. The first-order valence-corrected chi connectivity index (χ1v) is 7.67. The Morgan fingerprint density at radius 2 is 1.73 bits per heavy atom. The van der Waals surface area contributed by atoms with E-state index in [1.807, 2.05) is 24.3 Å². The van der Waals surface area contributed by atoms with Crippen LogP contribution in [0.3, 0.4) is 0 Å². The van der Waals surface area contributed by atoms with Gasteiger partial charge in [0.25, 0.3) is 0 Å². The van der Waals surface area contributed by atoms with Gasteiger partial charge in [-0.25, -0.2) is 0 Å². The molecule has 0 heterocycles. The first-order valence-electron chi connectivity index (χ1n) is 6.59. The third-order valence-corrected chi connectivity index (χ3v) is 3.72. The van der Waals surface area contributed by atoms with E-state index in [0.29, 0.717) is 17.1 Å².